The number of nitrogens with one attached hydrogen (secondary N) is 1. The number of nitrogens with zero attached hydrogens (tertiary/aromatic N) is 5. The minimum absolute atomic E-state index is 0.112. The van der Waals surface area contributed by atoms with Gasteiger partial charge >= 0.3 is 11.6 Å². The molecule has 33 heavy (non-hydrogen) atoms. The third-order valence-corrected chi connectivity index (χ3v) is 5.50. The van der Waals surface area contributed by atoms with E-state index in [2.05, 4.69) is 20.1 Å². The second-order valence-corrected chi connectivity index (χ2v) is 7.80. The molecular formula is C22H19ClN7O3+. The number of aryl methyl sites for hydroxylation is 1. The molecule has 0 spiro atoms. The van der Waals surface area contributed by atoms with E-state index in [9.17, 15) is 9.90 Å². The Morgan fingerprint density at radius 3 is 2.70 bits per heavy atom. The molecule has 4 aromatic heterocycles. The van der Waals surface area contributed by atoms with Gasteiger partial charge in [-0.2, -0.15) is 4.68 Å². The van der Waals surface area contributed by atoms with Gasteiger partial charge in [-0.25, -0.2) is 19.7 Å². The minimum atomic E-state index is -0.440. The number of fused-ring (bicyclic) bond motifs is 1. The summed E-state index contributed by atoms with van der Waals surface area (Å²) in [5.41, 5.74) is 9.81. The molecule has 0 aliphatic rings. The first-order valence-corrected chi connectivity index (χ1v) is 10.4. The first-order chi connectivity index (χ1) is 16.0. The number of halogens is 1. The Morgan fingerprint density at radius 1 is 1.21 bits per heavy atom. The van der Waals surface area contributed by atoms with Crippen LogP contribution in [0.3, 0.4) is 0 Å². The summed E-state index contributed by atoms with van der Waals surface area (Å²) in [5, 5.41) is 14.5. The molecule has 5 rings (SSSR count). The number of aromatic amines is 1. The van der Waals surface area contributed by atoms with Crippen LogP contribution in [0.1, 0.15) is 17.1 Å². The van der Waals surface area contributed by atoms with Crippen LogP contribution in [0.5, 0.6) is 0 Å². The molecule has 0 amide bonds. The maximum absolute atomic E-state index is 13.2. The van der Waals surface area contributed by atoms with Crippen LogP contribution in [0.25, 0.3) is 28.0 Å². The van der Waals surface area contributed by atoms with Crippen LogP contribution < -0.4 is 16.4 Å². The van der Waals surface area contributed by atoms with Crippen LogP contribution in [-0.2, 0) is 13.2 Å². The third kappa shape index (κ3) is 3.65. The summed E-state index contributed by atoms with van der Waals surface area (Å²) in [4.78, 5) is 24.7. The van der Waals surface area contributed by atoms with Gasteiger partial charge in [-0.1, -0.05) is 41.9 Å². The number of benzene rings is 1. The number of aliphatic hydroxyl groups is 1. The van der Waals surface area contributed by atoms with Gasteiger partial charge in [-0.05, 0) is 24.6 Å². The van der Waals surface area contributed by atoms with E-state index in [0.29, 0.717) is 39.6 Å². The topological polar surface area (TPSA) is 139 Å². The van der Waals surface area contributed by atoms with E-state index in [1.807, 2.05) is 30.3 Å². The molecule has 0 fully saturated rings. The first kappa shape index (κ1) is 20.9. The van der Waals surface area contributed by atoms with E-state index in [4.69, 9.17) is 21.8 Å². The molecule has 5 aromatic rings. The number of H-pyrrole nitrogens is 1. The summed E-state index contributed by atoms with van der Waals surface area (Å²) >= 11 is 6.24. The number of nitrogen functional groups attached to an aromatic ring is 1. The van der Waals surface area contributed by atoms with Crippen molar-refractivity contribution in [1.29, 1.82) is 0 Å². The molecule has 0 radical (unpaired) electrons. The van der Waals surface area contributed by atoms with Gasteiger partial charge in [0, 0.05) is 5.56 Å². The summed E-state index contributed by atoms with van der Waals surface area (Å²) < 4.78 is 7.82. The van der Waals surface area contributed by atoms with Crippen LogP contribution in [0.15, 0.2) is 58.1 Å². The molecule has 4 N–H and O–H groups in total. The number of hydrogen-bond donors (Lipinski definition) is 2. The zero-order valence-corrected chi connectivity index (χ0v) is 18.2. The average Bonchev–Trinajstić information content (AvgIpc) is 3.37. The minimum Gasteiger partial charge on any atom is -0.448 e. The highest BCUT2D eigenvalue weighted by atomic mass is 35.5. The van der Waals surface area contributed by atoms with Crippen LogP contribution in [-0.4, -0.2) is 29.3 Å². The number of oxazole rings is 1. The molecule has 0 saturated heterocycles. The van der Waals surface area contributed by atoms with Crippen molar-refractivity contribution < 1.29 is 14.5 Å². The molecule has 0 aliphatic heterocycles. The van der Waals surface area contributed by atoms with Gasteiger partial charge in [0.05, 0.1) is 24.4 Å². The standard InChI is InChI=1S/C22H18ClN7O3/c1-12-16(25-11-33-12)9-29-22(32)30-20(28-29)18(14-7-15(10-31)26-17(23)8-14)19(27-21(30)24)13-5-3-2-4-6-13/h2-8,11,31H,9-10H2,1H3,(H2,24,27)/p+1. The van der Waals surface area contributed by atoms with Crippen molar-refractivity contribution in [2.45, 2.75) is 20.1 Å². The molecule has 0 saturated carbocycles. The lowest BCUT2D eigenvalue weighted by atomic mass is 10.00. The summed E-state index contributed by atoms with van der Waals surface area (Å²) in [6.45, 7) is 1.58. The third-order valence-electron chi connectivity index (χ3n) is 5.31. The number of hydrogen-bond acceptors (Lipinski definition) is 7. The Bertz CT molecular complexity index is 1540. The number of rotatable bonds is 5. The number of pyridine rings is 1. The molecule has 4 heterocycles. The van der Waals surface area contributed by atoms with Crippen molar-refractivity contribution in [1.82, 2.24) is 24.1 Å². The smallest absolute Gasteiger partial charge is 0.411 e. The highest BCUT2D eigenvalue weighted by Gasteiger charge is 2.26. The predicted octanol–water partition coefficient (Wildman–Crippen LogP) is 2.11. The Kier molecular flexibility index (Phi) is 5.15. The van der Waals surface area contributed by atoms with Crippen LogP contribution in [0.4, 0.5) is 5.95 Å². The number of aliphatic hydroxyl groups excluding tert-OH is 1. The maximum atomic E-state index is 13.2. The van der Waals surface area contributed by atoms with Crippen molar-refractivity contribution >= 4 is 23.2 Å². The van der Waals surface area contributed by atoms with Gasteiger partial charge in [0.2, 0.25) is 5.65 Å². The lowest BCUT2D eigenvalue weighted by Gasteiger charge is -2.10. The monoisotopic (exact) mass is 464 g/mol. The van der Waals surface area contributed by atoms with Gasteiger partial charge < -0.3 is 9.52 Å². The van der Waals surface area contributed by atoms with E-state index < -0.39 is 5.69 Å². The van der Waals surface area contributed by atoms with Crippen molar-refractivity contribution in [3.05, 3.63) is 81.6 Å². The molecule has 0 unspecified atom stereocenters. The second kappa shape index (κ2) is 8.15. The Balaban J connectivity index is 1.84. The van der Waals surface area contributed by atoms with Crippen molar-refractivity contribution in [3.8, 4) is 22.4 Å². The SMILES string of the molecule is Cc1ocnc1Cn1nc2c(-c3cc(Cl)nc(CO)c3)c(-c3ccccc3)[nH+]c(N)n2c1=O. The molecule has 0 aliphatic carbocycles. The van der Waals surface area contributed by atoms with Gasteiger partial charge in [0.1, 0.15) is 22.3 Å². The Morgan fingerprint density at radius 2 is 2.00 bits per heavy atom. The lowest BCUT2D eigenvalue weighted by Crippen LogP contribution is -2.28. The molecule has 0 bridgehead atoms. The van der Waals surface area contributed by atoms with Gasteiger partial charge in [-0.3, -0.25) is 5.73 Å². The summed E-state index contributed by atoms with van der Waals surface area (Å²) in [5.74, 6) is 0.709. The number of aromatic nitrogens is 6. The quantitative estimate of drug-likeness (QED) is 0.380. The number of anilines is 1. The molecule has 11 heteroatoms. The van der Waals surface area contributed by atoms with Crippen LogP contribution in [0.2, 0.25) is 5.15 Å². The fourth-order valence-corrected chi connectivity index (χ4v) is 3.97. The normalized spacial score (nSPS) is 11.4. The van der Waals surface area contributed by atoms with Crippen molar-refractivity contribution in [3.63, 3.8) is 0 Å². The Labute approximate surface area is 191 Å². The van der Waals surface area contributed by atoms with Gasteiger partial charge in [0.15, 0.2) is 6.39 Å². The van der Waals surface area contributed by atoms with Crippen molar-refractivity contribution in [2.75, 3.05) is 5.73 Å². The first-order valence-electron chi connectivity index (χ1n) is 10.0. The van der Waals surface area contributed by atoms with Crippen LogP contribution >= 0.6 is 11.6 Å². The van der Waals surface area contributed by atoms with Crippen LogP contribution in [0, 0.1) is 6.92 Å². The second-order valence-electron chi connectivity index (χ2n) is 7.41. The average molecular weight is 465 g/mol. The van der Waals surface area contributed by atoms with E-state index in [1.54, 1.807) is 19.1 Å². The van der Waals surface area contributed by atoms with E-state index in [1.165, 1.54) is 15.5 Å². The van der Waals surface area contributed by atoms with E-state index in [0.717, 1.165) is 5.56 Å². The van der Waals surface area contributed by atoms with E-state index in [-0.39, 0.29) is 24.3 Å². The summed E-state index contributed by atoms with van der Waals surface area (Å²) in [7, 11) is 0. The Hall–Kier alpha value is -4.02. The fourth-order valence-electron chi connectivity index (χ4n) is 3.74. The zero-order valence-electron chi connectivity index (χ0n) is 17.5. The fraction of sp³-hybridized carbons (Fsp3) is 0.136. The predicted molar refractivity (Wildman–Crippen MR) is 120 cm³/mol. The number of nitrogens with two attached hydrogens (primary N) is 1. The highest BCUT2D eigenvalue weighted by molar-refractivity contribution is 6.29. The van der Waals surface area contributed by atoms with E-state index >= 15 is 0 Å². The summed E-state index contributed by atoms with van der Waals surface area (Å²) in [6.07, 6.45) is 1.32. The molecule has 0 atom stereocenters. The zero-order chi connectivity index (χ0) is 23.1. The van der Waals surface area contributed by atoms with Gasteiger partial charge in [0.25, 0.3) is 0 Å². The molecular weight excluding hydrogens is 446 g/mol. The maximum Gasteiger partial charge on any atom is 0.411 e. The summed E-state index contributed by atoms with van der Waals surface area (Å²) in [6, 6.07) is 12.9. The van der Waals surface area contributed by atoms with Crippen molar-refractivity contribution in [2.24, 2.45) is 0 Å². The molecule has 10 nitrogen and oxygen atoms in total. The largest absolute Gasteiger partial charge is 0.448 e. The highest BCUT2D eigenvalue weighted by Crippen LogP contribution is 2.33. The van der Waals surface area contributed by atoms with Gasteiger partial charge in [-0.15, -0.1) is 9.50 Å². The molecule has 166 valence electrons. The molecule has 1 aromatic carbocycles. The lowest BCUT2D eigenvalue weighted by molar-refractivity contribution is -0.351.